The number of halogens is 2. The van der Waals surface area contributed by atoms with Crippen LogP contribution in [0, 0.1) is 0 Å². The summed E-state index contributed by atoms with van der Waals surface area (Å²) in [4.78, 5) is 12.5. The van der Waals surface area contributed by atoms with Gasteiger partial charge < -0.3 is 4.74 Å². The summed E-state index contributed by atoms with van der Waals surface area (Å²) in [5, 5.41) is 12.5. The second-order valence-electron chi connectivity index (χ2n) is 5.20. The number of benzene rings is 2. The smallest absolute Gasteiger partial charge is 0.357 e. The van der Waals surface area contributed by atoms with Crippen molar-refractivity contribution in [2.24, 2.45) is 0 Å². The number of rotatable bonds is 5. The van der Waals surface area contributed by atoms with E-state index in [-0.39, 0.29) is 12.3 Å². The van der Waals surface area contributed by atoms with Crippen molar-refractivity contribution in [3.8, 4) is 11.4 Å². The van der Waals surface area contributed by atoms with Crippen molar-refractivity contribution >= 4 is 40.9 Å². The van der Waals surface area contributed by atoms with Crippen molar-refractivity contribution in [1.82, 2.24) is 20.2 Å². The monoisotopic (exact) mass is 388 g/mol. The van der Waals surface area contributed by atoms with E-state index in [1.54, 1.807) is 31.2 Å². The van der Waals surface area contributed by atoms with Crippen molar-refractivity contribution in [2.75, 3.05) is 6.61 Å². The molecule has 0 radical (unpaired) electrons. The van der Waals surface area contributed by atoms with Crippen LogP contribution in [0.5, 0.6) is 0 Å². The number of esters is 1. The third-order valence-electron chi connectivity index (χ3n) is 3.46. The Morgan fingerprint density at radius 3 is 2.62 bits per heavy atom. The van der Waals surface area contributed by atoms with Crippen LogP contribution < -0.4 is 0 Å². The molecule has 1 aromatic heterocycles. The number of hydrogen-bond donors (Lipinski definition) is 0. The van der Waals surface area contributed by atoms with Gasteiger partial charge in [-0.15, -0.1) is 5.10 Å². The molecule has 0 fully saturated rings. The molecule has 3 aromatic rings. The highest BCUT2D eigenvalue weighted by Crippen LogP contribution is 2.26. The van der Waals surface area contributed by atoms with Gasteiger partial charge in [0.05, 0.1) is 16.7 Å². The average Bonchev–Trinajstić information content (AvgIpc) is 3.13. The molecular formula is C18H14Cl2N4O2. The van der Waals surface area contributed by atoms with Crippen LogP contribution in [0.2, 0.25) is 10.0 Å². The molecule has 8 heteroatoms. The van der Waals surface area contributed by atoms with Crippen LogP contribution in [-0.4, -0.2) is 32.8 Å². The van der Waals surface area contributed by atoms with Crippen LogP contribution in [0.4, 0.5) is 0 Å². The molecule has 2 aromatic carbocycles. The van der Waals surface area contributed by atoms with Crippen LogP contribution >= 0.6 is 23.2 Å². The van der Waals surface area contributed by atoms with E-state index in [1.165, 1.54) is 4.68 Å². The Labute approximate surface area is 160 Å². The Hall–Kier alpha value is -2.70. The molecule has 0 spiro atoms. The van der Waals surface area contributed by atoms with E-state index in [0.29, 0.717) is 21.4 Å². The highest BCUT2D eigenvalue weighted by molar-refractivity contribution is 6.42. The molecular weight excluding hydrogens is 375 g/mol. The molecule has 26 heavy (non-hydrogen) atoms. The Morgan fingerprint density at radius 2 is 1.92 bits per heavy atom. The van der Waals surface area contributed by atoms with Gasteiger partial charge in [0.1, 0.15) is 0 Å². The second-order valence-corrected chi connectivity index (χ2v) is 6.02. The summed E-state index contributed by atoms with van der Waals surface area (Å²) in [6, 6.07) is 14.3. The van der Waals surface area contributed by atoms with E-state index in [1.807, 2.05) is 30.3 Å². The molecule has 0 aliphatic carbocycles. The van der Waals surface area contributed by atoms with Crippen molar-refractivity contribution in [2.45, 2.75) is 6.92 Å². The summed E-state index contributed by atoms with van der Waals surface area (Å²) in [5.74, 6) is -0.131. The number of aromatic nitrogens is 4. The first kappa shape index (κ1) is 18.1. The average molecular weight is 389 g/mol. The molecule has 6 nitrogen and oxygen atoms in total. The topological polar surface area (TPSA) is 69.9 Å². The normalized spacial score (nSPS) is 11.4. The van der Waals surface area contributed by atoms with E-state index in [9.17, 15) is 4.79 Å². The fourth-order valence-corrected chi connectivity index (χ4v) is 2.59. The SMILES string of the molecule is CCOC(=O)C(=Cc1ccc(Cl)c(Cl)c1)n1nnnc1-c1ccccc1. The molecule has 0 saturated heterocycles. The maximum atomic E-state index is 12.5. The van der Waals surface area contributed by atoms with E-state index in [0.717, 1.165) is 5.56 Å². The summed E-state index contributed by atoms with van der Waals surface area (Å²) >= 11 is 12.0. The first-order valence-corrected chi connectivity index (χ1v) is 8.53. The number of nitrogens with zero attached hydrogens (tertiary/aromatic N) is 4. The lowest BCUT2D eigenvalue weighted by Gasteiger charge is -2.09. The van der Waals surface area contributed by atoms with E-state index < -0.39 is 5.97 Å². The van der Waals surface area contributed by atoms with Crippen LogP contribution in [0.1, 0.15) is 12.5 Å². The minimum absolute atomic E-state index is 0.161. The highest BCUT2D eigenvalue weighted by Gasteiger charge is 2.20. The summed E-state index contributed by atoms with van der Waals surface area (Å²) in [7, 11) is 0. The van der Waals surface area contributed by atoms with Gasteiger partial charge in [-0.1, -0.05) is 59.6 Å². The predicted octanol–water partition coefficient (Wildman–Crippen LogP) is 4.21. The predicted molar refractivity (Wildman–Crippen MR) is 101 cm³/mol. The number of carbonyl (C=O) groups is 1. The first-order valence-electron chi connectivity index (χ1n) is 7.78. The molecule has 0 aliphatic rings. The van der Waals surface area contributed by atoms with Crippen molar-refractivity contribution in [3.05, 3.63) is 64.1 Å². The van der Waals surface area contributed by atoms with Gasteiger partial charge in [-0.05, 0) is 41.1 Å². The number of hydrogen-bond acceptors (Lipinski definition) is 5. The first-order chi connectivity index (χ1) is 12.6. The maximum Gasteiger partial charge on any atom is 0.357 e. The van der Waals surface area contributed by atoms with Gasteiger partial charge in [0, 0.05) is 5.56 Å². The molecule has 0 saturated carbocycles. The third kappa shape index (κ3) is 3.92. The molecule has 0 N–H and O–H groups in total. The lowest BCUT2D eigenvalue weighted by molar-refractivity contribution is -0.136. The Bertz CT molecular complexity index is 955. The molecule has 0 atom stereocenters. The second kappa shape index (κ2) is 8.12. The van der Waals surface area contributed by atoms with Crippen molar-refractivity contribution in [3.63, 3.8) is 0 Å². The maximum absolute atomic E-state index is 12.5. The number of ether oxygens (including phenoxy) is 1. The van der Waals surface area contributed by atoms with Gasteiger partial charge in [0.2, 0.25) is 0 Å². The third-order valence-corrected chi connectivity index (χ3v) is 4.20. The highest BCUT2D eigenvalue weighted by atomic mass is 35.5. The fraction of sp³-hybridized carbons (Fsp3) is 0.111. The molecule has 0 unspecified atom stereocenters. The zero-order valence-electron chi connectivity index (χ0n) is 13.8. The van der Waals surface area contributed by atoms with Gasteiger partial charge >= 0.3 is 5.97 Å². The van der Waals surface area contributed by atoms with E-state index in [2.05, 4.69) is 15.5 Å². The standard InChI is InChI=1S/C18H14Cl2N4O2/c1-2-26-18(25)16(11-12-8-9-14(19)15(20)10-12)24-17(21-22-23-24)13-6-4-3-5-7-13/h3-11H,2H2,1H3. The van der Waals surface area contributed by atoms with E-state index >= 15 is 0 Å². The zero-order valence-corrected chi connectivity index (χ0v) is 15.3. The summed E-state index contributed by atoms with van der Waals surface area (Å²) in [5.41, 5.74) is 1.59. The van der Waals surface area contributed by atoms with Crippen molar-refractivity contribution < 1.29 is 9.53 Å². The van der Waals surface area contributed by atoms with Gasteiger partial charge in [-0.3, -0.25) is 0 Å². The molecule has 0 aliphatic heterocycles. The number of carbonyl (C=O) groups excluding carboxylic acids is 1. The van der Waals surface area contributed by atoms with Crippen LogP contribution in [0.3, 0.4) is 0 Å². The van der Waals surface area contributed by atoms with Crippen LogP contribution in [-0.2, 0) is 9.53 Å². The lowest BCUT2D eigenvalue weighted by atomic mass is 10.1. The largest absolute Gasteiger partial charge is 0.461 e. The summed E-state index contributed by atoms with van der Waals surface area (Å²) < 4.78 is 6.51. The molecule has 132 valence electrons. The molecule has 1 heterocycles. The van der Waals surface area contributed by atoms with Crippen LogP contribution in [0.15, 0.2) is 48.5 Å². The Morgan fingerprint density at radius 1 is 1.15 bits per heavy atom. The van der Waals surface area contributed by atoms with Gasteiger partial charge in [0.25, 0.3) is 0 Å². The minimum Gasteiger partial charge on any atom is -0.461 e. The Kier molecular flexibility index (Phi) is 5.65. The van der Waals surface area contributed by atoms with Gasteiger partial charge in [0.15, 0.2) is 11.5 Å². The molecule has 3 rings (SSSR count). The van der Waals surface area contributed by atoms with E-state index in [4.69, 9.17) is 27.9 Å². The van der Waals surface area contributed by atoms with Crippen molar-refractivity contribution in [1.29, 1.82) is 0 Å². The quantitative estimate of drug-likeness (QED) is 0.483. The Balaban J connectivity index is 2.11. The van der Waals surface area contributed by atoms with Crippen LogP contribution in [0.25, 0.3) is 23.2 Å². The fourth-order valence-electron chi connectivity index (χ4n) is 2.29. The lowest BCUT2D eigenvalue weighted by Crippen LogP contribution is -2.14. The summed E-state index contributed by atoms with van der Waals surface area (Å²) in [6.45, 7) is 1.95. The number of tetrazole rings is 1. The zero-order chi connectivity index (χ0) is 18.5. The van der Waals surface area contributed by atoms with Gasteiger partial charge in [-0.25, -0.2) is 4.79 Å². The minimum atomic E-state index is -0.553. The molecule has 0 amide bonds. The van der Waals surface area contributed by atoms with Gasteiger partial charge in [-0.2, -0.15) is 4.68 Å². The molecule has 0 bridgehead atoms. The summed E-state index contributed by atoms with van der Waals surface area (Å²) in [6.07, 6.45) is 1.60.